The van der Waals surface area contributed by atoms with Crippen molar-refractivity contribution in [3.8, 4) is 10.6 Å². The molecule has 2 aromatic rings. The molecule has 0 radical (unpaired) electrons. The topological polar surface area (TPSA) is 50.2 Å². The summed E-state index contributed by atoms with van der Waals surface area (Å²) in [5, 5.41) is 9.79. The van der Waals surface area contributed by atoms with Crippen LogP contribution in [-0.2, 0) is 17.6 Å². The van der Waals surface area contributed by atoms with E-state index in [-0.39, 0.29) is 6.42 Å². The second kappa shape index (κ2) is 5.97. The Bertz CT molecular complexity index is 590. The summed E-state index contributed by atoms with van der Waals surface area (Å²) in [6.45, 7) is 4.13. The lowest BCUT2D eigenvalue weighted by atomic mass is 10.1. The number of hydrogen-bond acceptors (Lipinski definition) is 3. The van der Waals surface area contributed by atoms with Crippen molar-refractivity contribution in [1.29, 1.82) is 0 Å². The van der Waals surface area contributed by atoms with E-state index < -0.39 is 5.97 Å². The molecule has 1 heterocycles. The number of benzene rings is 1. The summed E-state index contributed by atoms with van der Waals surface area (Å²) in [7, 11) is 0. The average molecular weight is 275 g/mol. The van der Waals surface area contributed by atoms with E-state index in [0.29, 0.717) is 6.42 Å². The van der Waals surface area contributed by atoms with Gasteiger partial charge in [0.2, 0.25) is 0 Å². The van der Waals surface area contributed by atoms with Crippen molar-refractivity contribution in [2.75, 3.05) is 0 Å². The lowest BCUT2D eigenvalue weighted by Crippen LogP contribution is -1.98. The van der Waals surface area contributed by atoms with Gasteiger partial charge in [0.15, 0.2) is 0 Å². The number of aliphatic carboxylic acids is 1. The van der Waals surface area contributed by atoms with Gasteiger partial charge in [-0.15, -0.1) is 11.3 Å². The molecule has 0 spiro atoms. The Morgan fingerprint density at radius 3 is 2.74 bits per heavy atom. The average Bonchev–Trinajstić information content (AvgIpc) is 2.80. The summed E-state index contributed by atoms with van der Waals surface area (Å²) in [4.78, 5) is 16.5. The molecule has 0 fully saturated rings. The first-order valence-electron chi connectivity index (χ1n) is 6.38. The van der Waals surface area contributed by atoms with Gasteiger partial charge in [-0.05, 0) is 25.3 Å². The smallest absolute Gasteiger partial charge is 0.303 e. The largest absolute Gasteiger partial charge is 0.481 e. The van der Waals surface area contributed by atoms with Gasteiger partial charge in [0.1, 0.15) is 5.01 Å². The third kappa shape index (κ3) is 3.20. The molecule has 0 bridgehead atoms. The van der Waals surface area contributed by atoms with E-state index in [2.05, 4.69) is 31.0 Å². The second-order valence-corrected chi connectivity index (χ2v) is 5.53. The Morgan fingerprint density at radius 2 is 2.11 bits per heavy atom. The molecule has 100 valence electrons. The van der Waals surface area contributed by atoms with Crippen molar-refractivity contribution < 1.29 is 9.90 Å². The minimum atomic E-state index is -0.757. The zero-order valence-electron chi connectivity index (χ0n) is 11.1. The number of thiazole rings is 1. The van der Waals surface area contributed by atoms with Crippen LogP contribution < -0.4 is 0 Å². The first-order valence-corrected chi connectivity index (χ1v) is 7.19. The van der Waals surface area contributed by atoms with Gasteiger partial charge in [-0.25, -0.2) is 4.98 Å². The van der Waals surface area contributed by atoms with Crippen LogP contribution >= 0.6 is 11.3 Å². The van der Waals surface area contributed by atoms with Gasteiger partial charge in [-0.1, -0.05) is 31.2 Å². The minimum Gasteiger partial charge on any atom is -0.481 e. The summed E-state index contributed by atoms with van der Waals surface area (Å²) in [6.07, 6.45) is 1.59. The lowest BCUT2D eigenvalue weighted by Gasteiger charge is -2.00. The van der Waals surface area contributed by atoms with Gasteiger partial charge in [0.25, 0.3) is 0 Å². The fraction of sp³-hybridized carbons (Fsp3) is 0.333. The molecule has 2 rings (SSSR count). The highest BCUT2D eigenvalue weighted by molar-refractivity contribution is 7.15. The number of aromatic nitrogens is 1. The maximum Gasteiger partial charge on any atom is 0.303 e. The summed E-state index contributed by atoms with van der Waals surface area (Å²) in [5.74, 6) is -0.757. The van der Waals surface area contributed by atoms with Gasteiger partial charge in [-0.3, -0.25) is 4.79 Å². The first-order chi connectivity index (χ1) is 9.11. The van der Waals surface area contributed by atoms with Gasteiger partial charge in [0.05, 0.1) is 12.1 Å². The number of hydrogen-bond donors (Lipinski definition) is 1. The third-order valence-electron chi connectivity index (χ3n) is 3.05. The SMILES string of the molecule is CCc1nc(-c2ccccc2C)sc1CCC(=O)O. The Hall–Kier alpha value is -1.68. The predicted octanol–water partition coefficient (Wildman–Crippen LogP) is 3.70. The molecule has 0 saturated carbocycles. The Kier molecular flexibility index (Phi) is 4.32. The van der Waals surface area contributed by atoms with Crippen LogP contribution in [0.4, 0.5) is 0 Å². The first kappa shape index (κ1) is 13.7. The molecule has 0 amide bonds. The van der Waals surface area contributed by atoms with Crippen molar-refractivity contribution in [2.24, 2.45) is 0 Å². The molecule has 4 heteroatoms. The Morgan fingerprint density at radius 1 is 1.37 bits per heavy atom. The van der Waals surface area contributed by atoms with Gasteiger partial charge >= 0.3 is 5.97 Å². The Balaban J connectivity index is 2.33. The van der Waals surface area contributed by atoms with Crippen LogP contribution in [0, 0.1) is 6.92 Å². The van der Waals surface area contributed by atoms with Gasteiger partial charge in [-0.2, -0.15) is 0 Å². The van der Waals surface area contributed by atoms with Crippen LogP contribution in [0.5, 0.6) is 0 Å². The van der Waals surface area contributed by atoms with E-state index in [4.69, 9.17) is 5.11 Å². The number of carbonyl (C=O) groups is 1. The predicted molar refractivity (Wildman–Crippen MR) is 77.6 cm³/mol. The number of rotatable bonds is 5. The molecule has 0 saturated heterocycles. The number of nitrogens with zero attached hydrogens (tertiary/aromatic N) is 1. The molecule has 1 aromatic heterocycles. The molecule has 19 heavy (non-hydrogen) atoms. The summed E-state index contributed by atoms with van der Waals surface area (Å²) in [5.41, 5.74) is 3.37. The van der Waals surface area contributed by atoms with Crippen LogP contribution in [0.2, 0.25) is 0 Å². The van der Waals surface area contributed by atoms with Crippen LogP contribution in [0.25, 0.3) is 10.6 Å². The molecule has 0 atom stereocenters. The van der Waals surface area contributed by atoms with Crippen molar-refractivity contribution in [2.45, 2.75) is 33.1 Å². The number of carboxylic acid groups (broad SMARTS) is 1. The van der Waals surface area contributed by atoms with Crippen molar-refractivity contribution in [3.05, 3.63) is 40.4 Å². The zero-order chi connectivity index (χ0) is 13.8. The lowest BCUT2D eigenvalue weighted by molar-refractivity contribution is -0.136. The summed E-state index contributed by atoms with van der Waals surface area (Å²) >= 11 is 1.62. The van der Waals surface area contributed by atoms with Gasteiger partial charge < -0.3 is 5.11 Å². The fourth-order valence-electron chi connectivity index (χ4n) is 2.00. The summed E-state index contributed by atoms with van der Waals surface area (Å²) in [6, 6.07) is 8.15. The molecule has 0 aliphatic rings. The Labute approximate surface area is 116 Å². The molecular weight excluding hydrogens is 258 g/mol. The van der Waals surface area contributed by atoms with Crippen LogP contribution in [0.15, 0.2) is 24.3 Å². The highest BCUT2D eigenvalue weighted by Gasteiger charge is 2.13. The third-order valence-corrected chi connectivity index (χ3v) is 4.25. The van der Waals surface area contributed by atoms with Crippen molar-refractivity contribution in [1.82, 2.24) is 4.98 Å². The van der Waals surface area contributed by atoms with E-state index in [1.54, 1.807) is 11.3 Å². The quantitative estimate of drug-likeness (QED) is 0.905. The highest BCUT2D eigenvalue weighted by Crippen LogP contribution is 2.31. The zero-order valence-corrected chi connectivity index (χ0v) is 12.0. The summed E-state index contributed by atoms with van der Waals surface area (Å²) < 4.78 is 0. The molecule has 0 aliphatic carbocycles. The van der Waals surface area contributed by atoms with Crippen molar-refractivity contribution >= 4 is 17.3 Å². The second-order valence-electron chi connectivity index (χ2n) is 4.45. The molecular formula is C15H17NO2S. The molecule has 1 N–H and O–H groups in total. The maximum absolute atomic E-state index is 10.7. The normalized spacial score (nSPS) is 10.6. The monoisotopic (exact) mass is 275 g/mol. The van der Waals surface area contributed by atoms with E-state index in [1.165, 1.54) is 5.56 Å². The fourth-order valence-corrected chi connectivity index (χ4v) is 3.24. The van der Waals surface area contributed by atoms with Crippen molar-refractivity contribution in [3.63, 3.8) is 0 Å². The molecule has 1 aromatic carbocycles. The standard InChI is InChI=1S/C15H17NO2S/c1-3-12-13(8-9-14(17)18)19-15(16-12)11-7-5-4-6-10(11)2/h4-7H,3,8-9H2,1-2H3,(H,17,18). The van der Waals surface area contributed by atoms with E-state index in [9.17, 15) is 4.79 Å². The highest BCUT2D eigenvalue weighted by atomic mass is 32.1. The van der Waals surface area contributed by atoms with Gasteiger partial charge in [0, 0.05) is 10.4 Å². The molecule has 0 aliphatic heterocycles. The minimum absolute atomic E-state index is 0.169. The van der Waals surface area contributed by atoms with Crippen LogP contribution in [-0.4, -0.2) is 16.1 Å². The maximum atomic E-state index is 10.7. The van der Waals surface area contributed by atoms with E-state index in [0.717, 1.165) is 27.6 Å². The number of aryl methyl sites for hydroxylation is 3. The molecule has 0 unspecified atom stereocenters. The van der Waals surface area contributed by atoms with E-state index in [1.807, 2.05) is 12.1 Å². The van der Waals surface area contributed by atoms with Crippen LogP contribution in [0.3, 0.4) is 0 Å². The van der Waals surface area contributed by atoms with E-state index >= 15 is 0 Å². The molecule has 3 nitrogen and oxygen atoms in total. The van der Waals surface area contributed by atoms with Crippen LogP contribution in [0.1, 0.15) is 29.5 Å². The number of carboxylic acids is 1.